The summed E-state index contributed by atoms with van der Waals surface area (Å²) in [6.07, 6.45) is 0. The van der Waals surface area contributed by atoms with Crippen molar-refractivity contribution in [2.75, 3.05) is 26.2 Å². The van der Waals surface area contributed by atoms with Crippen molar-refractivity contribution in [1.29, 1.82) is 0 Å². The third-order valence-electron chi connectivity index (χ3n) is 4.63. The number of piperazine rings is 1. The lowest BCUT2D eigenvalue weighted by molar-refractivity contribution is -0.918. The normalized spacial score (nSPS) is 15.9. The Kier molecular flexibility index (Phi) is 5.85. The van der Waals surface area contributed by atoms with Gasteiger partial charge in [0, 0.05) is 22.7 Å². The molecule has 0 unspecified atom stereocenters. The summed E-state index contributed by atoms with van der Waals surface area (Å²) in [7, 11) is 0. The van der Waals surface area contributed by atoms with Gasteiger partial charge in [0.25, 0.3) is 5.69 Å². The van der Waals surface area contributed by atoms with Crippen LogP contribution in [0, 0.1) is 10.1 Å². The third kappa shape index (κ3) is 4.59. The molecule has 1 N–H and O–H groups in total. The molecule has 26 heavy (non-hydrogen) atoms. The summed E-state index contributed by atoms with van der Waals surface area (Å²) >= 11 is 6.25. The van der Waals surface area contributed by atoms with E-state index in [1.54, 1.807) is 12.1 Å². The van der Waals surface area contributed by atoms with Crippen molar-refractivity contribution >= 4 is 23.0 Å². The number of nitro benzene ring substituents is 1. The second-order valence-electron chi connectivity index (χ2n) is 6.46. The predicted octanol–water partition coefficient (Wildman–Crippen LogP) is 2.37. The first kappa shape index (κ1) is 18.4. The van der Waals surface area contributed by atoms with Crippen molar-refractivity contribution in [3.05, 3.63) is 74.8 Å². The topological polar surface area (TPSA) is 63.2 Å². The molecule has 0 bridgehead atoms. The van der Waals surface area contributed by atoms with Crippen LogP contribution in [0.1, 0.15) is 18.1 Å². The number of benzene rings is 2. The Morgan fingerprint density at radius 2 is 1.85 bits per heavy atom. The quantitative estimate of drug-likeness (QED) is 0.497. The van der Waals surface area contributed by atoms with E-state index < -0.39 is 4.92 Å². The zero-order valence-corrected chi connectivity index (χ0v) is 15.4. The Balaban J connectivity index is 1.56. The molecule has 136 valence electrons. The van der Waals surface area contributed by atoms with Crippen LogP contribution >= 0.6 is 11.6 Å². The summed E-state index contributed by atoms with van der Waals surface area (Å²) in [6, 6.07) is 14.5. The Morgan fingerprint density at radius 1 is 1.19 bits per heavy atom. The zero-order chi connectivity index (χ0) is 18.5. The van der Waals surface area contributed by atoms with E-state index in [1.807, 2.05) is 25.1 Å². The number of hydrogen-bond acceptors (Lipinski definition) is 4. The van der Waals surface area contributed by atoms with Gasteiger partial charge in [-0.25, -0.2) is 0 Å². The first-order valence-electron chi connectivity index (χ1n) is 8.65. The monoisotopic (exact) mass is 373 g/mol. The number of quaternary nitrogens is 1. The number of rotatable bonds is 5. The molecule has 1 aliphatic rings. The fourth-order valence-corrected chi connectivity index (χ4v) is 3.30. The molecule has 6 nitrogen and oxygen atoms in total. The average Bonchev–Trinajstić information content (AvgIpc) is 2.65. The smallest absolute Gasteiger partial charge is 0.269 e. The van der Waals surface area contributed by atoms with Crippen LogP contribution in [-0.2, 0) is 6.54 Å². The van der Waals surface area contributed by atoms with Gasteiger partial charge in [-0.1, -0.05) is 29.8 Å². The van der Waals surface area contributed by atoms with Gasteiger partial charge in [0.05, 0.1) is 36.8 Å². The number of hydrazone groups is 1. The fraction of sp³-hybridized carbons (Fsp3) is 0.316. The maximum Gasteiger partial charge on any atom is 0.269 e. The van der Waals surface area contributed by atoms with E-state index in [2.05, 4.69) is 16.2 Å². The number of hydrogen-bond donors (Lipinski definition) is 1. The first-order valence-corrected chi connectivity index (χ1v) is 9.02. The van der Waals surface area contributed by atoms with Crippen molar-refractivity contribution < 1.29 is 9.82 Å². The fourth-order valence-electron chi connectivity index (χ4n) is 3.09. The van der Waals surface area contributed by atoms with Gasteiger partial charge in [-0.3, -0.25) is 15.1 Å². The van der Waals surface area contributed by atoms with Gasteiger partial charge in [-0.05, 0) is 30.7 Å². The molecule has 1 heterocycles. The van der Waals surface area contributed by atoms with Gasteiger partial charge in [-0.2, -0.15) is 5.10 Å². The van der Waals surface area contributed by atoms with E-state index in [-0.39, 0.29) is 5.69 Å². The largest absolute Gasteiger partial charge is 0.328 e. The second-order valence-corrected chi connectivity index (χ2v) is 6.87. The van der Waals surface area contributed by atoms with Gasteiger partial charge in [0.15, 0.2) is 0 Å². The highest BCUT2D eigenvalue weighted by molar-refractivity contribution is 6.31. The molecule has 1 aliphatic heterocycles. The lowest BCUT2D eigenvalue weighted by Crippen LogP contribution is -3.13. The minimum absolute atomic E-state index is 0.0957. The Labute approximate surface area is 157 Å². The molecular formula is C19H22ClN4O2+. The van der Waals surface area contributed by atoms with Crippen molar-refractivity contribution in [2.45, 2.75) is 13.5 Å². The minimum atomic E-state index is -0.392. The van der Waals surface area contributed by atoms with Crippen molar-refractivity contribution in [2.24, 2.45) is 5.10 Å². The molecule has 1 fully saturated rings. The zero-order valence-electron chi connectivity index (χ0n) is 14.7. The Bertz CT molecular complexity index is 799. The number of nitro groups is 1. The minimum Gasteiger partial charge on any atom is -0.328 e. The van der Waals surface area contributed by atoms with Gasteiger partial charge in [0.1, 0.15) is 6.54 Å². The summed E-state index contributed by atoms with van der Waals surface area (Å²) in [5.41, 5.74) is 3.05. The van der Waals surface area contributed by atoms with Crippen molar-refractivity contribution in [1.82, 2.24) is 5.01 Å². The maximum absolute atomic E-state index is 10.7. The summed E-state index contributed by atoms with van der Waals surface area (Å²) in [5, 5.41) is 18.3. The van der Waals surface area contributed by atoms with Crippen LogP contribution in [0.4, 0.5) is 5.69 Å². The lowest BCUT2D eigenvalue weighted by atomic mass is 10.1. The van der Waals surface area contributed by atoms with Crippen LogP contribution < -0.4 is 4.90 Å². The third-order valence-corrected chi connectivity index (χ3v) is 5.00. The molecule has 0 saturated carbocycles. The first-order chi connectivity index (χ1) is 12.5. The molecule has 1 saturated heterocycles. The summed E-state index contributed by atoms with van der Waals surface area (Å²) in [6.45, 7) is 6.63. The highest BCUT2D eigenvalue weighted by atomic mass is 35.5. The van der Waals surface area contributed by atoms with E-state index in [9.17, 15) is 10.1 Å². The molecule has 0 radical (unpaired) electrons. The summed E-state index contributed by atoms with van der Waals surface area (Å²) < 4.78 is 0. The number of halogens is 1. The van der Waals surface area contributed by atoms with Crippen molar-refractivity contribution in [3.8, 4) is 0 Å². The SMILES string of the molecule is C/C(=N\N1CC[NH+](Cc2ccccc2Cl)CC1)c1ccc([N+](=O)[O-])cc1. The molecule has 2 aromatic rings. The van der Waals surface area contributed by atoms with Crippen LogP contribution in [0.3, 0.4) is 0 Å². The van der Waals surface area contributed by atoms with Crippen LogP contribution in [0.15, 0.2) is 53.6 Å². The predicted molar refractivity (Wildman–Crippen MR) is 103 cm³/mol. The lowest BCUT2D eigenvalue weighted by Gasteiger charge is -2.31. The molecule has 0 spiro atoms. The van der Waals surface area contributed by atoms with Crippen LogP contribution in [-0.4, -0.2) is 41.8 Å². The molecule has 3 rings (SSSR count). The van der Waals surface area contributed by atoms with Gasteiger partial charge in [-0.15, -0.1) is 0 Å². The Hall–Kier alpha value is -2.44. The van der Waals surface area contributed by atoms with Gasteiger partial charge >= 0.3 is 0 Å². The molecular weight excluding hydrogens is 352 g/mol. The highest BCUT2D eigenvalue weighted by Crippen LogP contribution is 2.14. The maximum atomic E-state index is 10.7. The number of nitrogens with one attached hydrogen (secondary N) is 1. The number of non-ortho nitro benzene ring substituents is 1. The summed E-state index contributed by atoms with van der Waals surface area (Å²) in [4.78, 5) is 11.8. The molecule has 0 aromatic heterocycles. The van der Waals surface area contributed by atoms with E-state index in [1.165, 1.54) is 22.6 Å². The van der Waals surface area contributed by atoms with E-state index in [4.69, 9.17) is 11.6 Å². The van der Waals surface area contributed by atoms with Gasteiger partial charge < -0.3 is 4.90 Å². The molecule has 0 amide bonds. The average molecular weight is 374 g/mol. The van der Waals surface area contributed by atoms with E-state index in [0.717, 1.165) is 49.0 Å². The molecule has 2 aromatic carbocycles. The number of nitrogens with zero attached hydrogens (tertiary/aromatic N) is 3. The van der Waals surface area contributed by atoms with Crippen LogP contribution in [0.5, 0.6) is 0 Å². The summed E-state index contributed by atoms with van der Waals surface area (Å²) in [5.74, 6) is 0. The highest BCUT2D eigenvalue weighted by Gasteiger charge is 2.20. The molecule has 7 heteroatoms. The molecule has 0 aliphatic carbocycles. The standard InChI is InChI=1S/C19H21ClN4O2/c1-15(16-6-8-18(9-7-16)24(25)26)21-23-12-10-22(11-13-23)14-17-4-2-3-5-19(17)20/h2-9H,10-14H2,1H3/p+1/b21-15+. The van der Waals surface area contributed by atoms with Crippen LogP contribution in [0.25, 0.3) is 0 Å². The Morgan fingerprint density at radius 3 is 2.46 bits per heavy atom. The van der Waals surface area contributed by atoms with E-state index >= 15 is 0 Å². The molecule has 0 atom stereocenters. The second kappa shape index (κ2) is 8.29. The van der Waals surface area contributed by atoms with Crippen LogP contribution in [0.2, 0.25) is 5.02 Å². The van der Waals surface area contributed by atoms with Crippen molar-refractivity contribution in [3.63, 3.8) is 0 Å². The van der Waals surface area contributed by atoms with Gasteiger partial charge in [0.2, 0.25) is 0 Å². The van der Waals surface area contributed by atoms with E-state index in [0.29, 0.717) is 0 Å².